The SMILES string of the molecule is O=C(N[C@@H]1CCN2C(=O)N(c3ccc(-n4ccccc4=O)cc3)C(=O)[C@H]12)c1ccc(Cl)s1. The van der Waals surface area contributed by atoms with E-state index in [0.29, 0.717) is 33.6 Å². The number of halogens is 1. The lowest BCUT2D eigenvalue weighted by Crippen LogP contribution is -2.46. The summed E-state index contributed by atoms with van der Waals surface area (Å²) in [6.45, 7) is 0.374. The Hall–Kier alpha value is -3.43. The van der Waals surface area contributed by atoms with Gasteiger partial charge in [0.25, 0.3) is 17.4 Å². The first-order valence-corrected chi connectivity index (χ1v) is 11.1. The van der Waals surface area contributed by atoms with Crippen LogP contribution in [0.2, 0.25) is 4.34 Å². The van der Waals surface area contributed by atoms with E-state index in [9.17, 15) is 19.2 Å². The van der Waals surface area contributed by atoms with E-state index in [1.54, 1.807) is 54.7 Å². The second-order valence-corrected chi connectivity index (χ2v) is 9.21. The van der Waals surface area contributed by atoms with E-state index in [2.05, 4.69) is 5.32 Å². The van der Waals surface area contributed by atoms with Crippen molar-refractivity contribution in [3.8, 4) is 5.69 Å². The van der Waals surface area contributed by atoms with Crippen LogP contribution in [0.3, 0.4) is 0 Å². The number of pyridine rings is 1. The zero-order valence-corrected chi connectivity index (χ0v) is 18.2. The van der Waals surface area contributed by atoms with E-state index in [1.165, 1.54) is 15.5 Å². The summed E-state index contributed by atoms with van der Waals surface area (Å²) in [7, 11) is 0. The van der Waals surface area contributed by atoms with Crippen molar-refractivity contribution in [1.82, 2.24) is 14.8 Å². The van der Waals surface area contributed by atoms with Gasteiger partial charge in [-0.2, -0.15) is 0 Å². The number of benzene rings is 1. The quantitative estimate of drug-likeness (QED) is 0.596. The Kier molecular flexibility index (Phi) is 5.07. The van der Waals surface area contributed by atoms with Gasteiger partial charge >= 0.3 is 6.03 Å². The highest BCUT2D eigenvalue weighted by Crippen LogP contribution is 2.32. The zero-order chi connectivity index (χ0) is 22.4. The molecule has 2 saturated heterocycles. The minimum Gasteiger partial charge on any atom is -0.346 e. The van der Waals surface area contributed by atoms with Crippen molar-refractivity contribution in [3.63, 3.8) is 0 Å². The first-order chi connectivity index (χ1) is 15.4. The molecule has 4 heterocycles. The van der Waals surface area contributed by atoms with Gasteiger partial charge < -0.3 is 10.2 Å². The molecular weight excluding hydrogens is 452 g/mol. The van der Waals surface area contributed by atoms with Crippen molar-refractivity contribution in [2.45, 2.75) is 18.5 Å². The predicted octanol–water partition coefficient (Wildman–Crippen LogP) is 2.89. The van der Waals surface area contributed by atoms with Crippen LogP contribution in [0.15, 0.2) is 65.6 Å². The first kappa shape index (κ1) is 20.5. The lowest BCUT2D eigenvalue weighted by atomic mass is 10.1. The number of amides is 4. The number of nitrogens with one attached hydrogen (secondary N) is 1. The summed E-state index contributed by atoms with van der Waals surface area (Å²) in [5.41, 5.74) is 0.857. The summed E-state index contributed by atoms with van der Waals surface area (Å²) in [5.74, 6) is -0.697. The Balaban J connectivity index is 1.36. The molecule has 0 bridgehead atoms. The van der Waals surface area contributed by atoms with Crippen LogP contribution in [0.1, 0.15) is 16.1 Å². The van der Waals surface area contributed by atoms with E-state index < -0.39 is 18.1 Å². The number of rotatable bonds is 4. The maximum Gasteiger partial charge on any atom is 0.332 e. The molecule has 0 spiro atoms. The summed E-state index contributed by atoms with van der Waals surface area (Å²) in [6, 6.07) is 13.1. The van der Waals surface area contributed by atoms with Gasteiger partial charge in [-0.15, -0.1) is 11.3 Å². The van der Waals surface area contributed by atoms with Crippen molar-refractivity contribution in [1.29, 1.82) is 0 Å². The Morgan fingerprint density at radius 3 is 2.44 bits per heavy atom. The van der Waals surface area contributed by atoms with Gasteiger partial charge in [0, 0.05) is 24.5 Å². The summed E-state index contributed by atoms with van der Waals surface area (Å²) in [6.07, 6.45) is 2.14. The number of thiophene rings is 1. The number of anilines is 1. The molecule has 0 aliphatic carbocycles. The van der Waals surface area contributed by atoms with Gasteiger partial charge in [-0.25, -0.2) is 9.69 Å². The lowest BCUT2D eigenvalue weighted by molar-refractivity contribution is -0.119. The number of aromatic nitrogens is 1. The molecule has 2 atom stereocenters. The van der Waals surface area contributed by atoms with Gasteiger partial charge in [-0.3, -0.25) is 19.0 Å². The van der Waals surface area contributed by atoms with E-state index in [0.717, 1.165) is 16.2 Å². The normalized spacial score (nSPS) is 20.0. The standard InChI is InChI=1S/C22H17ClN4O4S/c23-17-9-8-16(32-17)20(29)24-15-10-12-26-19(15)21(30)27(22(26)31)14-6-4-13(5-7-14)25-11-2-1-3-18(25)28/h1-9,11,15,19H,10,12H2,(H,24,29)/t15-,19+/m1/s1. The molecule has 0 unspecified atom stereocenters. The smallest absolute Gasteiger partial charge is 0.332 e. The summed E-state index contributed by atoms with van der Waals surface area (Å²) < 4.78 is 1.97. The van der Waals surface area contributed by atoms with E-state index in [4.69, 9.17) is 11.6 Å². The topological polar surface area (TPSA) is 91.7 Å². The van der Waals surface area contributed by atoms with Gasteiger partial charge in [-0.1, -0.05) is 17.7 Å². The molecule has 2 aromatic heterocycles. The average Bonchev–Trinajstić information content (AvgIpc) is 3.46. The Morgan fingerprint density at radius 2 is 1.75 bits per heavy atom. The number of hydrogen-bond donors (Lipinski definition) is 1. The molecule has 3 aromatic rings. The molecule has 5 rings (SSSR count). The molecule has 4 amide bonds. The summed E-state index contributed by atoms with van der Waals surface area (Å²) in [4.78, 5) is 53.8. The number of hydrogen-bond acceptors (Lipinski definition) is 5. The third kappa shape index (κ3) is 3.39. The molecule has 2 aliphatic heterocycles. The van der Waals surface area contributed by atoms with Gasteiger partial charge in [0.15, 0.2) is 0 Å². The fraction of sp³-hybridized carbons (Fsp3) is 0.182. The predicted molar refractivity (Wildman–Crippen MR) is 121 cm³/mol. The van der Waals surface area contributed by atoms with Crippen LogP contribution >= 0.6 is 22.9 Å². The second kappa shape index (κ2) is 7.92. The van der Waals surface area contributed by atoms with Crippen LogP contribution in [0.5, 0.6) is 0 Å². The highest BCUT2D eigenvalue weighted by atomic mass is 35.5. The number of fused-ring (bicyclic) bond motifs is 1. The Labute approximate surface area is 191 Å². The van der Waals surface area contributed by atoms with Gasteiger partial charge in [0.05, 0.1) is 20.9 Å². The largest absolute Gasteiger partial charge is 0.346 e. The van der Waals surface area contributed by atoms with Gasteiger partial charge in [0.2, 0.25) is 0 Å². The van der Waals surface area contributed by atoms with Crippen molar-refractivity contribution in [2.24, 2.45) is 0 Å². The zero-order valence-electron chi connectivity index (χ0n) is 16.6. The molecule has 1 aromatic carbocycles. The molecule has 162 valence electrons. The molecule has 2 aliphatic rings. The maximum absolute atomic E-state index is 13.2. The van der Waals surface area contributed by atoms with Crippen LogP contribution in [-0.2, 0) is 4.79 Å². The number of imide groups is 1. The Morgan fingerprint density at radius 1 is 1.00 bits per heavy atom. The van der Waals surface area contributed by atoms with Gasteiger partial charge in [0.1, 0.15) is 6.04 Å². The second-order valence-electron chi connectivity index (χ2n) is 7.49. The number of nitrogens with zero attached hydrogens (tertiary/aromatic N) is 3. The molecule has 1 N–H and O–H groups in total. The maximum atomic E-state index is 13.2. The summed E-state index contributed by atoms with van der Waals surface area (Å²) in [5, 5.41) is 2.87. The molecule has 0 radical (unpaired) electrons. The highest BCUT2D eigenvalue weighted by Gasteiger charge is 2.53. The third-order valence-corrected chi connectivity index (χ3v) is 6.86. The van der Waals surface area contributed by atoms with Crippen LogP contribution in [0.4, 0.5) is 10.5 Å². The first-order valence-electron chi connectivity index (χ1n) is 9.93. The third-order valence-electron chi connectivity index (χ3n) is 5.63. The minimum atomic E-state index is -0.752. The molecule has 2 fully saturated rings. The molecule has 10 heteroatoms. The van der Waals surface area contributed by atoms with E-state index in [-0.39, 0.29) is 17.4 Å². The fourth-order valence-corrected chi connectivity index (χ4v) is 5.08. The molecule has 8 nitrogen and oxygen atoms in total. The highest BCUT2D eigenvalue weighted by molar-refractivity contribution is 7.18. The van der Waals surface area contributed by atoms with Crippen LogP contribution in [0.25, 0.3) is 5.69 Å². The van der Waals surface area contributed by atoms with E-state index >= 15 is 0 Å². The summed E-state index contributed by atoms with van der Waals surface area (Å²) >= 11 is 7.06. The number of carbonyl (C=O) groups is 3. The molecule has 0 saturated carbocycles. The Bertz CT molecular complexity index is 1290. The van der Waals surface area contributed by atoms with E-state index in [1.807, 2.05) is 0 Å². The van der Waals surface area contributed by atoms with Crippen molar-refractivity contribution in [3.05, 3.63) is 80.4 Å². The van der Waals surface area contributed by atoms with Crippen LogP contribution < -0.4 is 15.8 Å². The van der Waals surface area contributed by atoms with Crippen LogP contribution in [-0.4, -0.2) is 45.9 Å². The van der Waals surface area contributed by atoms with Gasteiger partial charge in [-0.05, 0) is 48.9 Å². The monoisotopic (exact) mass is 468 g/mol. The van der Waals surface area contributed by atoms with Crippen molar-refractivity contribution in [2.75, 3.05) is 11.4 Å². The van der Waals surface area contributed by atoms with Crippen LogP contribution in [0, 0.1) is 0 Å². The lowest BCUT2D eigenvalue weighted by Gasteiger charge is -2.18. The molecular formula is C22H17ClN4O4S. The number of urea groups is 1. The van der Waals surface area contributed by atoms with Crippen molar-refractivity contribution < 1.29 is 14.4 Å². The minimum absolute atomic E-state index is 0.181. The average molecular weight is 469 g/mol. The van der Waals surface area contributed by atoms with Crippen molar-refractivity contribution >= 4 is 46.5 Å². The number of carbonyl (C=O) groups excluding carboxylic acids is 3. The molecule has 32 heavy (non-hydrogen) atoms. The fourth-order valence-electron chi connectivity index (χ4n) is 4.13.